The lowest BCUT2D eigenvalue weighted by Gasteiger charge is -2.23. The van der Waals surface area contributed by atoms with Crippen LogP contribution in [0.3, 0.4) is 0 Å². The van der Waals surface area contributed by atoms with Crippen LogP contribution in [0.4, 0.5) is 29.5 Å². The van der Waals surface area contributed by atoms with Crippen molar-refractivity contribution in [1.82, 2.24) is 9.88 Å². The van der Waals surface area contributed by atoms with Gasteiger partial charge in [-0.15, -0.1) is 18.2 Å². The molecule has 2 amide bonds. The molecule has 0 saturated carbocycles. The van der Waals surface area contributed by atoms with Crippen molar-refractivity contribution in [2.45, 2.75) is 12.9 Å². The summed E-state index contributed by atoms with van der Waals surface area (Å²) in [5.41, 5.74) is 1.52. The number of rotatable bonds is 5. The molecule has 2 heterocycles. The monoisotopic (exact) mass is 489 g/mol. The summed E-state index contributed by atoms with van der Waals surface area (Å²) >= 11 is 0. The van der Waals surface area contributed by atoms with E-state index in [-0.39, 0.29) is 30.6 Å². The first-order valence-electron chi connectivity index (χ1n) is 10.4. The normalized spacial score (nSPS) is 13.0. The maximum absolute atomic E-state index is 13.2. The van der Waals surface area contributed by atoms with Crippen LogP contribution in [0.2, 0.25) is 0 Å². The van der Waals surface area contributed by atoms with Crippen molar-refractivity contribution in [1.29, 1.82) is 0 Å². The maximum atomic E-state index is 13.2. The van der Waals surface area contributed by atoms with Gasteiger partial charge >= 0.3 is 12.4 Å². The van der Waals surface area contributed by atoms with Crippen molar-refractivity contribution < 1.29 is 32.2 Å². The van der Waals surface area contributed by atoms with Gasteiger partial charge in [-0.3, -0.25) is 9.80 Å². The highest BCUT2D eigenvalue weighted by Gasteiger charge is 2.37. The lowest BCUT2D eigenvalue weighted by molar-refractivity contribution is -0.582. The Kier molecular flexibility index (Phi) is 6.29. The Morgan fingerprint density at radius 1 is 1.20 bits per heavy atom. The first-order chi connectivity index (χ1) is 16.6. The summed E-state index contributed by atoms with van der Waals surface area (Å²) in [7, 11) is 4.78. The molecule has 0 atom stereocenters. The second kappa shape index (κ2) is 9.20. The van der Waals surface area contributed by atoms with Crippen LogP contribution in [0.5, 0.6) is 11.5 Å². The van der Waals surface area contributed by atoms with Crippen LogP contribution < -0.4 is 24.0 Å². The lowest BCUT2D eigenvalue weighted by atomic mass is 10.2. The minimum atomic E-state index is -4.78. The Labute approximate surface area is 199 Å². The van der Waals surface area contributed by atoms with Crippen molar-refractivity contribution >= 4 is 17.5 Å². The number of urea groups is 1. The number of alkyl halides is 3. The molecular weight excluding hydrogens is 467 g/mol. The van der Waals surface area contributed by atoms with E-state index in [1.807, 2.05) is 0 Å². The van der Waals surface area contributed by atoms with Gasteiger partial charge in [0.05, 0.1) is 19.7 Å². The number of fused-ring (bicyclic) bond motifs is 1. The molecule has 0 spiro atoms. The van der Waals surface area contributed by atoms with Gasteiger partial charge in [0.25, 0.3) is 11.6 Å². The summed E-state index contributed by atoms with van der Waals surface area (Å²) < 4.78 is 46.8. The molecule has 0 bridgehead atoms. The molecule has 1 aliphatic heterocycles. The van der Waals surface area contributed by atoms with E-state index in [9.17, 15) is 23.2 Å². The highest BCUT2D eigenvalue weighted by atomic mass is 19.4. The molecule has 0 saturated heterocycles. The SMILES string of the molecule is COc1cccc(-c2ncc3c([n+]2[O-])N(C)CN3C(=O)N(C)Cc2ccc(OC(F)(F)F)cc2)c1. The number of aromatic nitrogens is 2. The van der Waals surface area contributed by atoms with Crippen molar-refractivity contribution in [3.8, 4) is 22.9 Å². The minimum Gasteiger partial charge on any atom is -0.740 e. The topological polar surface area (TPSA) is 85.1 Å². The van der Waals surface area contributed by atoms with Gasteiger partial charge in [0.2, 0.25) is 0 Å². The van der Waals surface area contributed by atoms with E-state index in [4.69, 9.17) is 4.74 Å². The molecule has 4 rings (SSSR count). The van der Waals surface area contributed by atoms with E-state index in [1.54, 1.807) is 43.3 Å². The Morgan fingerprint density at radius 2 is 1.91 bits per heavy atom. The number of anilines is 2. The first kappa shape index (κ1) is 23.9. The van der Waals surface area contributed by atoms with Gasteiger partial charge in [-0.25, -0.2) is 9.52 Å². The summed E-state index contributed by atoms with van der Waals surface area (Å²) in [4.78, 5) is 21.9. The number of carbonyl (C=O) groups is 1. The molecule has 1 aromatic heterocycles. The Morgan fingerprint density at radius 3 is 2.57 bits per heavy atom. The molecule has 0 fully saturated rings. The Bertz CT molecular complexity index is 1240. The molecule has 0 unspecified atom stereocenters. The Hall–Kier alpha value is -4.22. The minimum absolute atomic E-state index is 0.127. The number of hydrogen-bond acceptors (Lipinski definition) is 6. The van der Waals surface area contributed by atoms with Crippen LogP contribution in [0.15, 0.2) is 54.7 Å². The number of ether oxygens (including phenoxy) is 2. The number of hydrogen-bond donors (Lipinski definition) is 0. The number of carbonyl (C=O) groups excluding carboxylic acids is 1. The fourth-order valence-electron chi connectivity index (χ4n) is 3.79. The smallest absolute Gasteiger partial charge is 0.573 e. The summed E-state index contributed by atoms with van der Waals surface area (Å²) in [5, 5.41) is 13.2. The fraction of sp³-hybridized carbons (Fsp3) is 0.261. The van der Waals surface area contributed by atoms with Gasteiger partial charge in [0.1, 0.15) is 24.4 Å². The number of benzene rings is 2. The van der Waals surface area contributed by atoms with Crippen LogP contribution in [-0.4, -0.2) is 50.2 Å². The van der Waals surface area contributed by atoms with Crippen LogP contribution in [0.25, 0.3) is 11.4 Å². The van der Waals surface area contributed by atoms with Crippen LogP contribution in [0.1, 0.15) is 5.56 Å². The molecule has 35 heavy (non-hydrogen) atoms. The van der Waals surface area contributed by atoms with Gasteiger partial charge in [-0.1, -0.05) is 18.2 Å². The highest BCUT2D eigenvalue weighted by molar-refractivity contribution is 5.97. The van der Waals surface area contributed by atoms with E-state index >= 15 is 0 Å². The van der Waals surface area contributed by atoms with E-state index in [0.717, 1.165) is 0 Å². The van der Waals surface area contributed by atoms with E-state index < -0.39 is 12.4 Å². The quantitative estimate of drug-likeness (QED) is 0.401. The summed E-state index contributed by atoms with van der Waals surface area (Å²) in [6.45, 7) is 0.260. The summed E-state index contributed by atoms with van der Waals surface area (Å²) in [6.07, 6.45) is -3.31. The third-order valence-electron chi connectivity index (χ3n) is 5.39. The summed E-state index contributed by atoms with van der Waals surface area (Å²) in [6, 6.07) is 11.8. The molecule has 3 aromatic rings. The van der Waals surface area contributed by atoms with Crippen molar-refractivity contribution in [2.75, 3.05) is 37.7 Å². The number of methoxy groups -OCH3 is 1. The zero-order valence-electron chi connectivity index (χ0n) is 19.1. The largest absolute Gasteiger partial charge is 0.740 e. The Balaban J connectivity index is 1.53. The molecular formula is C23H22F3N5O4. The van der Waals surface area contributed by atoms with E-state index in [1.165, 1.54) is 47.4 Å². The van der Waals surface area contributed by atoms with Gasteiger partial charge < -0.3 is 19.6 Å². The number of halogens is 3. The van der Waals surface area contributed by atoms with Crippen molar-refractivity contribution in [3.05, 3.63) is 65.5 Å². The van der Waals surface area contributed by atoms with Gasteiger partial charge in [0.15, 0.2) is 5.69 Å². The van der Waals surface area contributed by atoms with Crippen LogP contribution in [-0.2, 0) is 6.54 Å². The molecule has 2 aromatic carbocycles. The zero-order valence-corrected chi connectivity index (χ0v) is 19.1. The average Bonchev–Trinajstić information content (AvgIpc) is 3.16. The van der Waals surface area contributed by atoms with Gasteiger partial charge in [-0.05, 0) is 35.9 Å². The van der Waals surface area contributed by atoms with E-state index in [2.05, 4.69) is 9.72 Å². The second-order valence-corrected chi connectivity index (χ2v) is 7.91. The predicted molar refractivity (Wildman–Crippen MR) is 121 cm³/mol. The van der Waals surface area contributed by atoms with Gasteiger partial charge in [0, 0.05) is 13.6 Å². The maximum Gasteiger partial charge on any atom is 0.573 e. The fourth-order valence-corrected chi connectivity index (χ4v) is 3.79. The molecule has 0 radical (unpaired) electrons. The molecule has 9 nitrogen and oxygen atoms in total. The zero-order chi connectivity index (χ0) is 25.3. The second-order valence-electron chi connectivity index (χ2n) is 7.91. The standard InChI is InChI=1S/C23H22F3N5O4/c1-28(13-15-7-9-17(10-8-15)35-23(24,25)26)22(32)30-14-29(2)21-19(30)12-27-20(31(21)33)16-5-4-6-18(11-16)34-3/h4-12H,13-14H2,1-3H3. The van der Waals surface area contributed by atoms with Crippen LogP contribution in [0, 0.1) is 5.21 Å². The lowest BCUT2D eigenvalue weighted by Crippen LogP contribution is -2.42. The van der Waals surface area contributed by atoms with Crippen LogP contribution >= 0.6 is 0 Å². The molecule has 1 aliphatic rings. The summed E-state index contributed by atoms with van der Waals surface area (Å²) in [5.74, 6) is 0.671. The molecule has 184 valence electrons. The third kappa shape index (κ3) is 5.00. The highest BCUT2D eigenvalue weighted by Crippen LogP contribution is 2.34. The van der Waals surface area contributed by atoms with Crippen molar-refractivity contribution in [3.63, 3.8) is 0 Å². The molecule has 0 aliphatic carbocycles. The number of amides is 2. The average molecular weight is 489 g/mol. The van der Waals surface area contributed by atoms with Gasteiger partial charge in [-0.2, -0.15) is 0 Å². The number of nitrogens with zero attached hydrogens (tertiary/aromatic N) is 5. The predicted octanol–water partition coefficient (Wildman–Crippen LogP) is 3.75. The first-order valence-corrected chi connectivity index (χ1v) is 10.4. The van der Waals surface area contributed by atoms with Crippen molar-refractivity contribution in [2.24, 2.45) is 0 Å². The third-order valence-corrected chi connectivity index (χ3v) is 5.39. The molecule has 12 heteroatoms. The molecule has 0 N–H and O–H groups in total. The van der Waals surface area contributed by atoms with E-state index in [0.29, 0.717) is 27.3 Å².